The van der Waals surface area contributed by atoms with Gasteiger partial charge in [0.2, 0.25) is 11.8 Å². The number of benzene rings is 1. The number of hydrogen-bond acceptors (Lipinski definition) is 6. The minimum Gasteiger partial charge on any atom is -0.478 e. The number of halogens is 1. The van der Waals surface area contributed by atoms with Gasteiger partial charge < -0.3 is 19.0 Å². The van der Waals surface area contributed by atoms with Crippen LogP contribution in [0.15, 0.2) is 22.6 Å². The van der Waals surface area contributed by atoms with Gasteiger partial charge in [-0.1, -0.05) is 11.6 Å². The normalized spacial score (nSPS) is 20.2. The summed E-state index contributed by atoms with van der Waals surface area (Å²) in [5, 5.41) is 16.9. The first kappa shape index (κ1) is 15.0. The zero-order valence-electron chi connectivity index (χ0n) is 11.9. The highest BCUT2D eigenvalue weighted by molar-refractivity contribution is 6.33. The predicted octanol–water partition coefficient (Wildman–Crippen LogP) is 2.91. The maximum atomic E-state index is 10.9. The lowest BCUT2D eigenvalue weighted by atomic mass is 10.1. The molecule has 0 unspecified atom stereocenters. The average Bonchev–Trinajstić information content (AvgIpc) is 3.04. The Morgan fingerprint density at radius 3 is 2.77 bits per heavy atom. The van der Waals surface area contributed by atoms with Crippen LogP contribution in [0.3, 0.4) is 0 Å². The SMILES string of the molecule is CC1(C)OC[C@@H](c2nnc(-c3ccc(C(=O)O)c(Cl)c3)o2)O1. The van der Waals surface area contributed by atoms with Crippen LogP contribution >= 0.6 is 11.6 Å². The lowest BCUT2D eigenvalue weighted by Crippen LogP contribution is -2.19. The first-order valence-corrected chi connectivity index (χ1v) is 6.92. The standard InChI is InChI=1S/C14H13ClN2O5/c1-14(2)20-6-10(22-14)12-17-16-11(21-12)7-3-4-8(13(18)19)9(15)5-7/h3-5,10H,6H2,1-2H3,(H,18,19)/t10-/m0/s1. The van der Waals surface area contributed by atoms with Crippen LogP contribution < -0.4 is 0 Å². The number of carboxylic acids is 1. The molecule has 22 heavy (non-hydrogen) atoms. The molecular weight excluding hydrogens is 312 g/mol. The molecule has 0 amide bonds. The molecule has 1 atom stereocenters. The first-order chi connectivity index (χ1) is 10.4. The van der Waals surface area contributed by atoms with Crippen molar-refractivity contribution in [2.24, 2.45) is 0 Å². The fraction of sp³-hybridized carbons (Fsp3) is 0.357. The molecule has 1 aromatic carbocycles. The Hall–Kier alpha value is -1.96. The van der Waals surface area contributed by atoms with E-state index in [1.54, 1.807) is 19.9 Å². The Labute approximate surface area is 130 Å². The van der Waals surface area contributed by atoms with E-state index in [-0.39, 0.29) is 16.5 Å². The molecule has 0 radical (unpaired) electrons. The van der Waals surface area contributed by atoms with Crippen LogP contribution in [-0.2, 0) is 9.47 Å². The van der Waals surface area contributed by atoms with Crippen LogP contribution in [0, 0.1) is 0 Å². The monoisotopic (exact) mass is 324 g/mol. The van der Waals surface area contributed by atoms with Gasteiger partial charge >= 0.3 is 5.97 Å². The highest BCUT2D eigenvalue weighted by Crippen LogP contribution is 2.33. The van der Waals surface area contributed by atoms with E-state index in [9.17, 15) is 4.79 Å². The first-order valence-electron chi connectivity index (χ1n) is 6.54. The molecule has 0 spiro atoms. The summed E-state index contributed by atoms with van der Waals surface area (Å²) in [6.07, 6.45) is -0.426. The highest BCUT2D eigenvalue weighted by Gasteiger charge is 2.36. The third-order valence-electron chi connectivity index (χ3n) is 3.17. The summed E-state index contributed by atoms with van der Waals surface area (Å²) >= 11 is 5.93. The summed E-state index contributed by atoms with van der Waals surface area (Å²) in [5.74, 6) is -1.24. The molecule has 7 nitrogen and oxygen atoms in total. The molecule has 1 aliphatic heterocycles. The lowest BCUT2D eigenvalue weighted by Gasteiger charge is -2.15. The quantitative estimate of drug-likeness (QED) is 0.927. The number of nitrogens with zero attached hydrogens (tertiary/aromatic N) is 2. The number of ether oxygens (including phenoxy) is 2. The second kappa shape index (κ2) is 5.35. The summed E-state index contributed by atoms with van der Waals surface area (Å²) in [7, 11) is 0. The molecule has 2 aromatic rings. The van der Waals surface area contributed by atoms with Crippen LogP contribution in [0.4, 0.5) is 0 Å². The minimum atomic E-state index is -1.10. The molecule has 3 rings (SSSR count). The van der Waals surface area contributed by atoms with E-state index in [4.69, 9.17) is 30.6 Å². The molecule has 1 N–H and O–H groups in total. The van der Waals surface area contributed by atoms with E-state index >= 15 is 0 Å². The molecule has 1 fully saturated rings. The van der Waals surface area contributed by atoms with Crippen LogP contribution in [0.25, 0.3) is 11.5 Å². The second-order valence-corrected chi connectivity index (χ2v) is 5.67. The Balaban J connectivity index is 1.85. The number of carbonyl (C=O) groups is 1. The van der Waals surface area contributed by atoms with Gasteiger partial charge in [-0.3, -0.25) is 0 Å². The molecule has 0 saturated carbocycles. The van der Waals surface area contributed by atoms with Gasteiger partial charge in [0.25, 0.3) is 0 Å². The molecule has 1 saturated heterocycles. The molecule has 2 heterocycles. The molecule has 0 bridgehead atoms. The molecule has 8 heteroatoms. The molecule has 1 aliphatic rings. The summed E-state index contributed by atoms with van der Waals surface area (Å²) in [6.45, 7) is 3.93. The van der Waals surface area contributed by atoms with Gasteiger partial charge in [-0.2, -0.15) is 0 Å². The van der Waals surface area contributed by atoms with Crippen molar-refractivity contribution in [3.63, 3.8) is 0 Å². The third kappa shape index (κ3) is 2.83. The number of hydrogen-bond donors (Lipinski definition) is 1. The summed E-state index contributed by atoms with van der Waals surface area (Å²) in [6, 6.07) is 4.42. The van der Waals surface area contributed by atoms with Gasteiger partial charge in [0.1, 0.15) is 0 Å². The number of rotatable bonds is 3. The van der Waals surface area contributed by atoms with Crippen molar-refractivity contribution in [2.75, 3.05) is 6.61 Å². The average molecular weight is 325 g/mol. The largest absolute Gasteiger partial charge is 0.478 e. The van der Waals surface area contributed by atoms with E-state index in [1.165, 1.54) is 12.1 Å². The number of aromatic carboxylic acids is 1. The zero-order chi connectivity index (χ0) is 15.9. The molecular formula is C14H13ClN2O5. The smallest absolute Gasteiger partial charge is 0.337 e. The summed E-state index contributed by atoms with van der Waals surface area (Å²) < 4.78 is 16.7. The van der Waals surface area contributed by atoms with E-state index in [1.807, 2.05) is 0 Å². The van der Waals surface area contributed by atoms with Gasteiger partial charge in [0, 0.05) is 5.56 Å². The Bertz CT molecular complexity index is 728. The summed E-state index contributed by atoms with van der Waals surface area (Å²) in [5.41, 5.74) is 0.548. The van der Waals surface area contributed by atoms with Crippen LogP contribution in [0.2, 0.25) is 5.02 Å². The van der Waals surface area contributed by atoms with E-state index in [2.05, 4.69) is 10.2 Å². The van der Waals surface area contributed by atoms with Crippen LogP contribution in [0.1, 0.15) is 36.2 Å². The van der Waals surface area contributed by atoms with Crippen molar-refractivity contribution >= 4 is 17.6 Å². The van der Waals surface area contributed by atoms with E-state index in [0.29, 0.717) is 18.1 Å². The van der Waals surface area contributed by atoms with Crippen molar-refractivity contribution in [1.82, 2.24) is 10.2 Å². The Kier molecular flexibility index (Phi) is 3.64. The van der Waals surface area contributed by atoms with Gasteiger partial charge in [0.05, 0.1) is 17.2 Å². The molecule has 1 aromatic heterocycles. The molecule has 116 valence electrons. The van der Waals surface area contributed by atoms with E-state index in [0.717, 1.165) is 0 Å². The Morgan fingerprint density at radius 2 is 2.18 bits per heavy atom. The van der Waals surface area contributed by atoms with Crippen molar-refractivity contribution < 1.29 is 23.8 Å². The maximum absolute atomic E-state index is 10.9. The lowest BCUT2D eigenvalue weighted by molar-refractivity contribution is -0.141. The minimum absolute atomic E-state index is 0.0134. The highest BCUT2D eigenvalue weighted by atomic mass is 35.5. The second-order valence-electron chi connectivity index (χ2n) is 5.26. The van der Waals surface area contributed by atoms with Gasteiger partial charge in [-0.15, -0.1) is 10.2 Å². The fourth-order valence-electron chi connectivity index (χ4n) is 2.11. The van der Waals surface area contributed by atoms with Gasteiger partial charge in [-0.05, 0) is 32.0 Å². The third-order valence-corrected chi connectivity index (χ3v) is 3.48. The van der Waals surface area contributed by atoms with Crippen molar-refractivity contribution in [2.45, 2.75) is 25.7 Å². The predicted molar refractivity (Wildman–Crippen MR) is 75.6 cm³/mol. The summed E-state index contributed by atoms with van der Waals surface area (Å²) in [4.78, 5) is 10.9. The zero-order valence-corrected chi connectivity index (χ0v) is 12.6. The van der Waals surface area contributed by atoms with Crippen LogP contribution in [0.5, 0.6) is 0 Å². The Morgan fingerprint density at radius 1 is 1.41 bits per heavy atom. The van der Waals surface area contributed by atoms with Crippen molar-refractivity contribution in [1.29, 1.82) is 0 Å². The van der Waals surface area contributed by atoms with Gasteiger partial charge in [0.15, 0.2) is 11.9 Å². The number of carboxylic acid groups (broad SMARTS) is 1. The molecule has 0 aliphatic carbocycles. The maximum Gasteiger partial charge on any atom is 0.337 e. The van der Waals surface area contributed by atoms with Crippen molar-refractivity contribution in [3.05, 3.63) is 34.7 Å². The van der Waals surface area contributed by atoms with Gasteiger partial charge in [-0.25, -0.2) is 4.79 Å². The van der Waals surface area contributed by atoms with E-state index < -0.39 is 17.9 Å². The van der Waals surface area contributed by atoms with Crippen LogP contribution in [-0.4, -0.2) is 33.7 Å². The number of aromatic nitrogens is 2. The topological polar surface area (TPSA) is 94.7 Å². The fourth-order valence-corrected chi connectivity index (χ4v) is 2.37. The van der Waals surface area contributed by atoms with Crippen molar-refractivity contribution in [3.8, 4) is 11.5 Å².